The van der Waals surface area contributed by atoms with Gasteiger partial charge in [0.2, 0.25) is 0 Å². The Kier molecular flexibility index (Phi) is 5.38. The molecule has 134 valence electrons. The SMILES string of the molecule is COc1ccccc1CNc1ccc(NS(=O)(=O)c2ccccc2)cn1. The number of pyridine rings is 1. The molecule has 0 bridgehead atoms. The van der Waals surface area contributed by atoms with Crippen LogP contribution in [0.1, 0.15) is 5.56 Å². The van der Waals surface area contributed by atoms with E-state index in [0.717, 1.165) is 11.3 Å². The van der Waals surface area contributed by atoms with Crippen molar-refractivity contribution in [2.75, 3.05) is 17.1 Å². The lowest BCUT2D eigenvalue weighted by Crippen LogP contribution is -2.13. The number of aromatic nitrogens is 1. The maximum absolute atomic E-state index is 12.3. The highest BCUT2D eigenvalue weighted by Gasteiger charge is 2.13. The number of benzene rings is 2. The van der Waals surface area contributed by atoms with E-state index >= 15 is 0 Å². The van der Waals surface area contributed by atoms with Crippen LogP contribution >= 0.6 is 0 Å². The summed E-state index contributed by atoms with van der Waals surface area (Å²) in [5.74, 6) is 1.44. The van der Waals surface area contributed by atoms with Crippen LogP contribution in [0.3, 0.4) is 0 Å². The molecular weight excluding hydrogens is 350 g/mol. The van der Waals surface area contributed by atoms with Crippen LogP contribution in [-0.2, 0) is 16.6 Å². The molecule has 3 rings (SSSR count). The van der Waals surface area contributed by atoms with Crippen LogP contribution in [0.2, 0.25) is 0 Å². The minimum atomic E-state index is -3.62. The molecule has 26 heavy (non-hydrogen) atoms. The summed E-state index contributed by atoms with van der Waals surface area (Å²) in [6, 6.07) is 19.3. The van der Waals surface area contributed by atoms with Crippen molar-refractivity contribution in [3.8, 4) is 5.75 Å². The van der Waals surface area contributed by atoms with E-state index in [4.69, 9.17) is 4.74 Å². The molecule has 0 atom stereocenters. The monoisotopic (exact) mass is 369 g/mol. The third-order valence-corrected chi connectivity index (χ3v) is 5.12. The Bertz CT molecular complexity index is 959. The van der Waals surface area contributed by atoms with Crippen molar-refractivity contribution in [3.63, 3.8) is 0 Å². The number of anilines is 2. The molecule has 0 spiro atoms. The van der Waals surface area contributed by atoms with Crippen LogP contribution < -0.4 is 14.8 Å². The predicted octanol–water partition coefficient (Wildman–Crippen LogP) is 3.50. The average molecular weight is 369 g/mol. The van der Waals surface area contributed by atoms with Gasteiger partial charge >= 0.3 is 0 Å². The first kappa shape index (κ1) is 17.8. The van der Waals surface area contributed by atoms with Crippen molar-refractivity contribution in [3.05, 3.63) is 78.5 Å². The first-order chi connectivity index (χ1) is 12.6. The highest BCUT2D eigenvalue weighted by molar-refractivity contribution is 7.92. The molecule has 0 radical (unpaired) electrons. The van der Waals surface area contributed by atoms with Crippen molar-refractivity contribution < 1.29 is 13.2 Å². The fraction of sp³-hybridized carbons (Fsp3) is 0.105. The topological polar surface area (TPSA) is 80.3 Å². The van der Waals surface area contributed by atoms with E-state index in [2.05, 4.69) is 15.0 Å². The molecule has 0 fully saturated rings. The minimum Gasteiger partial charge on any atom is -0.496 e. The number of hydrogen-bond donors (Lipinski definition) is 2. The van der Waals surface area contributed by atoms with E-state index in [1.807, 2.05) is 24.3 Å². The van der Waals surface area contributed by atoms with Crippen molar-refractivity contribution >= 4 is 21.5 Å². The molecule has 0 amide bonds. The number of methoxy groups -OCH3 is 1. The average Bonchev–Trinajstić information content (AvgIpc) is 2.68. The van der Waals surface area contributed by atoms with Crippen LogP contribution in [0, 0.1) is 0 Å². The lowest BCUT2D eigenvalue weighted by molar-refractivity contribution is 0.410. The van der Waals surface area contributed by atoms with Crippen LogP contribution in [0.15, 0.2) is 77.8 Å². The Morgan fingerprint density at radius 2 is 1.69 bits per heavy atom. The van der Waals surface area contributed by atoms with Gasteiger partial charge in [-0.05, 0) is 30.3 Å². The Hall–Kier alpha value is -3.06. The molecule has 2 aromatic carbocycles. The molecule has 6 nitrogen and oxygen atoms in total. The molecule has 0 unspecified atom stereocenters. The normalized spacial score (nSPS) is 11.0. The molecule has 7 heteroatoms. The van der Waals surface area contributed by atoms with Gasteiger partial charge in [0.15, 0.2) is 0 Å². The number of rotatable bonds is 7. The van der Waals surface area contributed by atoms with Gasteiger partial charge in [-0.1, -0.05) is 36.4 Å². The molecule has 3 aromatic rings. The van der Waals surface area contributed by atoms with Gasteiger partial charge in [-0.3, -0.25) is 4.72 Å². The van der Waals surface area contributed by atoms with E-state index < -0.39 is 10.0 Å². The van der Waals surface area contributed by atoms with Gasteiger partial charge in [0, 0.05) is 12.1 Å². The van der Waals surface area contributed by atoms with Crippen LogP contribution in [0.5, 0.6) is 5.75 Å². The molecular formula is C19H19N3O3S. The highest BCUT2D eigenvalue weighted by Crippen LogP contribution is 2.20. The quantitative estimate of drug-likeness (QED) is 0.666. The zero-order valence-electron chi connectivity index (χ0n) is 14.2. The Labute approximate surface area is 152 Å². The Morgan fingerprint density at radius 3 is 2.38 bits per heavy atom. The summed E-state index contributed by atoms with van der Waals surface area (Å²) in [6.45, 7) is 0.548. The Morgan fingerprint density at radius 1 is 0.962 bits per heavy atom. The van der Waals surface area contributed by atoms with Crippen molar-refractivity contribution in [1.82, 2.24) is 4.98 Å². The van der Waals surface area contributed by atoms with E-state index in [-0.39, 0.29) is 4.90 Å². The van der Waals surface area contributed by atoms with Crippen molar-refractivity contribution in [2.24, 2.45) is 0 Å². The van der Waals surface area contributed by atoms with Gasteiger partial charge in [0.1, 0.15) is 11.6 Å². The van der Waals surface area contributed by atoms with Gasteiger partial charge in [-0.2, -0.15) is 0 Å². The summed E-state index contributed by atoms with van der Waals surface area (Å²) < 4.78 is 32.4. The third-order valence-electron chi connectivity index (χ3n) is 3.72. The van der Waals surface area contributed by atoms with Gasteiger partial charge in [0.25, 0.3) is 10.0 Å². The summed E-state index contributed by atoms with van der Waals surface area (Å²) >= 11 is 0. The van der Waals surface area contributed by atoms with Gasteiger partial charge in [-0.15, -0.1) is 0 Å². The first-order valence-electron chi connectivity index (χ1n) is 7.98. The predicted molar refractivity (Wildman–Crippen MR) is 102 cm³/mol. The van der Waals surface area contributed by atoms with E-state index in [0.29, 0.717) is 18.1 Å². The molecule has 0 aliphatic heterocycles. The second-order valence-corrected chi connectivity index (χ2v) is 7.20. The zero-order valence-corrected chi connectivity index (χ0v) is 15.0. The molecule has 0 aliphatic carbocycles. The lowest BCUT2D eigenvalue weighted by atomic mass is 10.2. The Balaban J connectivity index is 1.65. The van der Waals surface area contributed by atoms with Crippen LogP contribution in [-0.4, -0.2) is 20.5 Å². The summed E-state index contributed by atoms with van der Waals surface area (Å²) in [5, 5.41) is 3.19. The first-order valence-corrected chi connectivity index (χ1v) is 9.46. The largest absolute Gasteiger partial charge is 0.496 e. The fourth-order valence-electron chi connectivity index (χ4n) is 2.41. The smallest absolute Gasteiger partial charge is 0.261 e. The maximum Gasteiger partial charge on any atom is 0.261 e. The van der Waals surface area contributed by atoms with Gasteiger partial charge in [-0.25, -0.2) is 13.4 Å². The number of hydrogen-bond acceptors (Lipinski definition) is 5. The number of sulfonamides is 1. The highest BCUT2D eigenvalue weighted by atomic mass is 32.2. The van der Waals surface area contributed by atoms with E-state index in [1.165, 1.54) is 6.20 Å². The minimum absolute atomic E-state index is 0.207. The second-order valence-electron chi connectivity index (χ2n) is 5.52. The van der Waals surface area contributed by atoms with Gasteiger partial charge < -0.3 is 10.1 Å². The standard InChI is InChI=1S/C19H19N3O3S/c1-25-18-10-6-5-7-15(18)13-20-19-12-11-16(14-21-19)22-26(23,24)17-8-3-2-4-9-17/h2-12,14,22H,13H2,1H3,(H,20,21). The van der Waals surface area contributed by atoms with E-state index in [1.54, 1.807) is 49.6 Å². The molecule has 2 N–H and O–H groups in total. The number of nitrogens with one attached hydrogen (secondary N) is 2. The van der Waals surface area contributed by atoms with E-state index in [9.17, 15) is 8.42 Å². The molecule has 0 aliphatic rings. The fourth-order valence-corrected chi connectivity index (χ4v) is 3.47. The number of ether oxygens (including phenoxy) is 1. The maximum atomic E-state index is 12.3. The number of para-hydroxylation sites is 1. The lowest BCUT2D eigenvalue weighted by Gasteiger charge is -2.11. The summed E-state index contributed by atoms with van der Waals surface area (Å²) in [6.07, 6.45) is 1.48. The second kappa shape index (κ2) is 7.88. The summed E-state index contributed by atoms with van der Waals surface area (Å²) in [4.78, 5) is 4.46. The molecule has 0 saturated heterocycles. The summed E-state index contributed by atoms with van der Waals surface area (Å²) in [5.41, 5.74) is 1.40. The van der Waals surface area contributed by atoms with Crippen LogP contribution in [0.4, 0.5) is 11.5 Å². The van der Waals surface area contributed by atoms with Gasteiger partial charge in [0.05, 0.1) is 23.9 Å². The van der Waals surface area contributed by atoms with Crippen LogP contribution in [0.25, 0.3) is 0 Å². The summed E-state index contributed by atoms with van der Waals surface area (Å²) in [7, 11) is -1.99. The third kappa shape index (κ3) is 4.31. The van der Waals surface area contributed by atoms with Crippen molar-refractivity contribution in [2.45, 2.75) is 11.4 Å². The molecule has 1 aromatic heterocycles. The molecule has 0 saturated carbocycles. The van der Waals surface area contributed by atoms with Crippen molar-refractivity contribution in [1.29, 1.82) is 0 Å². The molecule has 1 heterocycles. The number of nitrogens with zero attached hydrogens (tertiary/aromatic N) is 1. The zero-order chi connectivity index (χ0) is 18.4.